The fraction of sp³-hybridized carbons (Fsp3) is 0.583. The average molecular weight is 426 g/mol. The number of carbonyl (C=O) groups is 1. The van der Waals surface area contributed by atoms with Crippen LogP contribution in [0.5, 0.6) is 0 Å². The van der Waals surface area contributed by atoms with Crippen LogP contribution >= 0.6 is 0 Å². The quantitative estimate of drug-likeness (QED) is 0.680. The fourth-order valence-electron chi connectivity index (χ4n) is 5.72. The Balaban J connectivity index is 1.28. The van der Waals surface area contributed by atoms with Gasteiger partial charge in [-0.05, 0) is 30.4 Å². The van der Waals surface area contributed by atoms with E-state index in [1.807, 2.05) is 30.0 Å². The van der Waals surface area contributed by atoms with Crippen molar-refractivity contribution in [3.8, 4) is 0 Å². The van der Waals surface area contributed by atoms with Crippen LogP contribution in [-0.4, -0.2) is 57.8 Å². The van der Waals surface area contributed by atoms with Crippen LogP contribution in [0.3, 0.4) is 0 Å². The lowest BCUT2D eigenvalue weighted by Gasteiger charge is -2.45. The predicted octanol–water partition coefficient (Wildman–Crippen LogP) is 1.17. The van der Waals surface area contributed by atoms with Crippen LogP contribution in [0.4, 0.5) is 0 Å². The number of amides is 1. The number of hydrogen-bond donors (Lipinski definition) is 3. The first kappa shape index (κ1) is 20.7. The molecule has 1 saturated heterocycles. The summed E-state index contributed by atoms with van der Waals surface area (Å²) >= 11 is 0. The van der Waals surface area contributed by atoms with Gasteiger partial charge in [0.15, 0.2) is 5.89 Å². The first-order valence-electron chi connectivity index (χ1n) is 11.4. The van der Waals surface area contributed by atoms with Crippen LogP contribution in [0.2, 0.25) is 0 Å². The molecule has 1 aromatic carbocycles. The molecule has 3 N–H and O–H groups in total. The molecule has 3 aliphatic rings. The SMILES string of the molecule is C[C@H]1[C@H](O)[C@@H](O)[C@H]2CNC[C@@H]2[C@H]1C(=O)N1CCc2oc(CCc3ccccc3)nc2C1. The standard InChI is InChI=1S/C24H31N3O4/c1-14-21(16-11-25-12-17(16)23(29)22(14)28)24(30)27-10-9-19-18(13-27)26-20(31-19)8-7-15-5-3-2-4-6-15/h2-6,14,16-17,21-23,25,28-29H,7-13H2,1H3/t14-,16+,17+,21+,22+,23+/m1/s1. The van der Waals surface area contributed by atoms with E-state index < -0.39 is 12.2 Å². The molecule has 0 bridgehead atoms. The molecule has 6 atom stereocenters. The summed E-state index contributed by atoms with van der Waals surface area (Å²) in [5.74, 6) is 1.11. The zero-order chi connectivity index (χ0) is 21.5. The maximum Gasteiger partial charge on any atom is 0.226 e. The molecular formula is C24H31N3O4. The molecule has 0 radical (unpaired) electrons. The number of carbonyl (C=O) groups excluding carboxylic acids is 1. The Kier molecular flexibility index (Phi) is 5.58. The molecule has 7 heteroatoms. The second-order valence-corrected chi connectivity index (χ2v) is 9.32. The zero-order valence-electron chi connectivity index (χ0n) is 17.9. The second kappa shape index (κ2) is 8.37. The van der Waals surface area contributed by atoms with Gasteiger partial charge in [0.1, 0.15) is 11.5 Å². The largest absolute Gasteiger partial charge is 0.445 e. The Bertz CT molecular complexity index is 930. The van der Waals surface area contributed by atoms with Crippen molar-refractivity contribution in [1.29, 1.82) is 0 Å². The number of benzene rings is 1. The Labute approximate surface area is 182 Å². The van der Waals surface area contributed by atoms with Crippen molar-refractivity contribution in [3.05, 3.63) is 53.2 Å². The minimum Gasteiger partial charge on any atom is -0.445 e. The van der Waals surface area contributed by atoms with Gasteiger partial charge in [-0.15, -0.1) is 0 Å². The minimum absolute atomic E-state index is 0.0565. The van der Waals surface area contributed by atoms with Crippen molar-refractivity contribution in [1.82, 2.24) is 15.2 Å². The summed E-state index contributed by atoms with van der Waals surface area (Å²) in [6.07, 6.45) is 0.641. The van der Waals surface area contributed by atoms with Crippen LogP contribution in [0, 0.1) is 23.7 Å². The molecule has 1 saturated carbocycles. The lowest BCUT2D eigenvalue weighted by Crippen LogP contribution is -2.56. The van der Waals surface area contributed by atoms with E-state index in [2.05, 4.69) is 17.4 Å². The van der Waals surface area contributed by atoms with Crippen molar-refractivity contribution < 1.29 is 19.4 Å². The van der Waals surface area contributed by atoms with E-state index in [1.165, 1.54) is 5.56 Å². The molecule has 7 nitrogen and oxygen atoms in total. The maximum absolute atomic E-state index is 13.5. The number of nitrogens with zero attached hydrogens (tertiary/aromatic N) is 2. The Hall–Kier alpha value is -2.22. The molecule has 0 unspecified atom stereocenters. The first-order valence-corrected chi connectivity index (χ1v) is 11.4. The number of fused-ring (bicyclic) bond motifs is 2. The number of aliphatic hydroxyl groups excluding tert-OH is 2. The topological polar surface area (TPSA) is 98.8 Å². The third-order valence-electron chi connectivity index (χ3n) is 7.50. The molecule has 0 spiro atoms. The zero-order valence-corrected chi connectivity index (χ0v) is 17.9. The molecule has 166 valence electrons. The summed E-state index contributed by atoms with van der Waals surface area (Å²) in [5.41, 5.74) is 2.11. The van der Waals surface area contributed by atoms with Gasteiger partial charge in [-0.1, -0.05) is 37.3 Å². The normalized spacial score (nSPS) is 32.5. The third kappa shape index (κ3) is 3.79. The fourth-order valence-corrected chi connectivity index (χ4v) is 5.72. The van der Waals surface area contributed by atoms with Crippen LogP contribution in [0.25, 0.3) is 0 Å². The first-order chi connectivity index (χ1) is 15.0. The minimum atomic E-state index is -0.868. The van der Waals surface area contributed by atoms with Gasteiger partial charge < -0.3 is 24.8 Å². The van der Waals surface area contributed by atoms with Gasteiger partial charge in [-0.3, -0.25) is 4.79 Å². The summed E-state index contributed by atoms with van der Waals surface area (Å²) in [6.45, 7) is 4.30. The van der Waals surface area contributed by atoms with E-state index >= 15 is 0 Å². The van der Waals surface area contributed by atoms with E-state index in [1.54, 1.807) is 0 Å². The Morgan fingerprint density at radius 3 is 2.74 bits per heavy atom. The molecule has 2 aliphatic heterocycles. The highest BCUT2D eigenvalue weighted by Gasteiger charge is 2.53. The summed E-state index contributed by atoms with van der Waals surface area (Å²) in [5, 5.41) is 24.3. The van der Waals surface area contributed by atoms with Crippen LogP contribution in [0.15, 0.2) is 34.7 Å². The number of aryl methyl sites for hydroxylation is 2. The molecule has 3 heterocycles. The van der Waals surface area contributed by atoms with Crippen LogP contribution in [-0.2, 0) is 30.6 Å². The average Bonchev–Trinajstić information content (AvgIpc) is 3.43. The number of nitrogens with one attached hydrogen (secondary N) is 1. The summed E-state index contributed by atoms with van der Waals surface area (Å²) in [6, 6.07) is 10.3. The van der Waals surface area contributed by atoms with Gasteiger partial charge in [0.25, 0.3) is 0 Å². The highest BCUT2D eigenvalue weighted by atomic mass is 16.4. The van der Waals surface area contributed by atoms with Gasteiger partial charge in [-0.2, -0.15) is 0 Å². The molecular weight excluding hydrogens is 394 g/mol. The monoisotopic (exact) mass is 425 g/mol. The number of aromatic nitrogens is 1. The molecule has 5 rings (SSSR count). The Morgan fingerprint density at radius 1 is 1.16 bits per heavy atom. The molecule has 1 aliphatic carbocycles. The van der Waals surface area contributed by atoms with Gasteiger partial charge in [0.05, 0.1) is 18.8 Å². The van der Waals surface area contributed by atoms with E-state index in [0.717, 1.165) is 30.2 Å². The number of rotatable bonds is 4. The third-order valence-corrected chi connectivity index (χ3v) is 7.50. The molecule has 1 amide bonds. The van der Waals surface area contributed by atoms with Crippen LogP contribution < -0.4 is 5.32 Å². The van der Waals surface area contributed by atoms with Crippen molar-refractivity contribution >= 4 is 5.91 Å². The Morgan fingerprint density at radius 2 is 1.94 bits per heavy atom. The van der Waals surface area contributed by atoms with E-state index in [9.17, 15) is 15.0 Å². The van der Waals surface area contributed by atoms with Crippen molar-refractivity contribution in [2.24, 2.45) is 23.7 Å². The van der Waals surface area contributed by atoms with Crippen molar-refractivity contribution in [3.63, 3.8) is 0 Å². The van der Waals surface area contributed by atoms with Crippen molar-refractivity contribution in [2.75, 3.05) is 19.6 Å². The lowest BCUT2D eigenvalue weighted by atomic mass is 9.65. The summed E-state index contributed by atoms with van der Waals surface area (Å²) < 4.78 is 5.99. The smallest absolute Gasteiger partial charge is 0.226 e. The number of oxazole rings is 1. The van der Waals surface area contributed by atoms with Gasteiger partial charge >= 0.3 is 0 Å². The van der Waals surface area contributed by atoms with E-state index in [0.29, 0.717) is 32.6 Å². The van der Waals surface area contributed by atoms with Crippen LogP contribution in [0.1, 0.15) is 29.8 Å². The van der Waals surface area contributed by atoms with Gasteiger partial charge in [0, 0.05) is 37.8 Å². The molecule has 1 aromatic heterocycles. The van der Waals surface area contributed by atoms with E-state index in [4.69, 9.17) is 9.40 Å². The summed E-state index contributed by atoms with van der Waals surface area (Å²) in [4.78, 5) is 20.1. The molecule has 2 fully saturated rings. The number of hydrogen-bond acceptors (Lipinski definition) is 6. The second-order valence-electron chi connectivity index (χ2n) is 9.32. The highest BCUT2D eigenvalue weighted by Crippen LogP contribution is 2.42. The van der Waals surface area contributed by atoms with Gasteiger partial charge in [-0.25, -0.2) is 4.98 Å². The summed E-state index contributed by atoms with van der Waals surface area (Å²) in [7, 11) is 0. The predicted molar refractivity (Wildman–Crippen MR) is 114 cm³/mol. The molecule has 2 aromatic rings. The van der Waals surface area contributed by atoms with Gasteiger partial charge in [0.2, 0.25) is 5.91 Å². The lowest BCUT2D eigenvalue weighted by molar-refractivity contribution is -0.156. The van der Waals surface area contributed by atoms with E-state index in [-0.39, 0.29) is 29.6 Å². The molecule has 31 heavy (non-hydrogen) atoms. The number of aliphatic hydroxyl groups is 2. The van der Waals surface area contributed by atoms with Crippen molar-refractivity contribution in [2.45, 2.75) is 44.9 Å². The highest BCUT2D eigenvalue weighted by molar-refractivity contribution is 5.80. The maximum atomic E-state index is 13.5.